The summed E-state index contributed by atoms with van der Waals surface area (Å²) in [5, 5.41) is 12.7. The van der Waals surface area contributed by atoms with E-state index in [-0.39, 0.29) is 5.91 Å². The zero-order valence-corrected chi connectivity index (χ0v) is 8.87. The number of quaternary nitrogens is 1. The Morgan fingerprint density at radius 2 is 1.86 bits per heavy atom. The summed E-state index contributed by atoms with van der Waals surface area (Å²) in [4.78, 5) is 21.7. The number of hydrogen-bond donors (Lipinski definition) is 2. The molecule has 82 valence electrons. The van der Waals surface area contributed by atoms with Gasteiger partial charge in [-0.3, -0.25) is 4.79 Å². The van der Waals surface area contributed by atoms with Crippen molar-refractivity contribution in [3.05, 3.63) is 0 Å². The van der Waals surface area contributed by atoms with E-state index in [1.807, 2.05) is 13.8 Å². The molecule has 0 rings (SSSR count). The number of amides is 1. The minimum atomic E-state index is -1.28. The predicted octanol–water partition coefficient (Wildman–Crippen LogP) is -2.10. The molecule has 0 unspecified atom stereocenters. The van der Waals surface area contributed by atoms with Crippen molar-refractivity contribution in [3.63, 3.8) is 0 Å². The van der Waals surface area contributed by atoms with Gasteiger partial charge in [0, 0.05) is 6.42 Å². The van der Waals surface area contributed by atoms with Crippen LogP contribution < -0.4 is 16.2 Å². The van der Waals surface area contributed by atoms with Crippen molar-refractivity contribution in [2.24, 2.45) is 5.92 Å². The molecule has 0 spiro atoms. The molecular formula is C9H18N2O3. The first-order valence-corrected chi connectivity index (χ1v) is 4.69. The smallest absolute Gasteiger partial charge is 0.278 e. The summed E-state index contributed by atoms with van der Waals surface area (Å²) in [6.45, 7) is 5.33. The number of carbonyl (C=O) groups excluding carboxylic acids is 2. The molecule has 5 nitrogen and oxygen atoms in total. The van der Waals surface area contributed by atoms with E-state index in [1.165, 1.54) is 6.92 Å². The molecule has 0 heterocycles. The maximum atomic E-state index is 11.3. The van der Waals surface area contributed by atoms with Gasteiger partial charge < -0.3 is 21.0 Å². The van der Waals surface area contributed by atoms with Crippen molar-refractivity contribution in [2.45, 2.75) is 39.3 Å². The highest BCUT2D eigenvalue weighted by Crippen LogP contribution is 2.01. The SMILES string of the molecule is CC(C)C[C@@H]([NH3+])C(=O)N[C@H](C)C(=O)[O-]. The fourth-order valence-corrected chi connectivity index (χ4v) is 1.07. The standard InChI is InChI=1S/C9H18N2O3/c1-5(2)4-7(10)8(12)11-6(3)9(13)14/h5-7H,4,10H2,1-3H3,(H,11,12)(H,13,14)/t6-,7-/m1/s1. The van der Waals surface area contributed by atoms with E-state index in [4.69, 9.17) is 0 Å². The number of carbonyl (C=O) groups is 2. The van der Waals surface area contributed by atoms with Crippen LogP contribution in [0.3, 0.4) is 0 Å². The molecule has 4 N–H and O–H groups in total. The van der Waals surface area contributed by atoms with Crippen LogP contribution in [0.15, 0.2) is 0 Å². The average Bonchev–Trinajstić information content (AvgIpc) is 2.02. The van der Waals surface area contributed by atoms with Crippen LogP contribution in [0.5, 0.6) is 0 Å². The van der Waals surface area contributed by atoms with Crippen LogP contribution in [0.4, 0.5) is 0 Å². The first kappa shape index (κ1) is 12.9. The van der Waals surface area contributed by atoms with E-state index in [0.29, 0.717) is 12.3 Å². The predicted molar refractivity (Wildman–Crippen MR) is 48.7 cm³/mol. The second kappa shape index (κ2) is 5.59. The fraction of sp³-hybridized carbons (Fsp3) is 0.778. The highest BCUT2D eigenvalue weighted by atomic mass is 16.4. The Morgan fingerprint density at radius 3 is 2.21 bits per heavy atom. The zero-order chi connectivity index (χ0) is 11.3. The second-order valence-corrected chi connectivity index (χ2v) is 3.88. The van der Waals surface area contributed by atoms with Crippen molar-refractivity contribution in [1.82, 2.24) is 5.32 Å². The molecular weight excluding hydrogens is 184 g/mol. The van der Waals surface area contributed by atoms with Crippen LogP contribution in [0.2, 0.25) is 0 Å². The molecule has 0 aliphatic carbocycles. The van der Waals surface area contributed by atoms with Crippen LogP contribution in [0, 0.1) is 5.92 Å². The monoisotopic (exact) mass is 202 g/mol. The van der Waals surface area contributed by atoms with Crippen LogP contribution >= 0.6 is 0 Å². The minimum absolute atomic E-state index is 0.338. The van der Waals surface area contributed by atoms with Gasteiger partial charge in [0.1, 0.15) is 0 Å². The third kappa shape index (κ3) is 4.81. The molecule has 5 heteroatoms. The largest absolute Gasteiger partial charge is 0.548 e. The van der Waals surface area contributed by atoms with E-state index in [9.17, 15) is 14.7 Å². The van der Waals surface area contributed by atoms with Crippen molar-refractivity contribution in [1.29, 1.82) is 0 Å². The molecule has 0 fully saturated rings. The van der Waals surface area contributed by atoms with E-state index < -0.39 is 18.1 Å². The van der Waals surface area contributed by atoms with E-state index >= 15 is 0 Å². The molecule has 0 aromatic rings. The third-order valence-electron chi connectivity index (χ3n) is 1.84. The molecule has 0 aromatic carbocycles. The fourth-order valence-electron chi connectivity index (χ4n) is 1.07. The topological polar surface area (TPSA) is 96.9 Å². The average molecular weight is 202 g/mol. The van der Waals surface area contributed by atoms with Crippen molar-refractivity contribution < 1.29 is 20.4 Å². The number of hydrogen-bond acceptors (Lipinski definition) is 3. The number of rotatable bonds is 5. The summed E-state index contributed by atoms with van der Waals surface area (Å²) in [6.07, 6.45) is 0.644. The van der Waals surface area contributed by atoms with Crippen LogP contribution in [0.1, 0.15) is 27.2 Å². The van der Waals surface area contributed by atoms with Gasteiger partial charge in [-0.25, -0.2) is 0 Å². The van der Waals surface area contributed by atoms with Gasteiger partial charge in [-0.15, -0.1) is 0 Å². The van der Waals surface area contributed by atoms with Crippen molar-refractivity contribution >= 4 is 11.9 Å². The molecule has 0 aliphatic heterocycles. The van der Waals surface area contributed by atoms with Gasteiger partial charge in [0.05, 0.1) is 12.0 Å². The normalized spacial score (nSPS) is 14.9. The third-order valence-corrected chi connectivity index (χ3v) is 1.84. The number of nitrogens with one attached hydrogen (secondary N) is 1. The van der Waals surface area contributed by atoms with E-state index in [1.54, 1.807) is 0 Å². The molecule has 0 saturated carbocycles. The van der Waals surface area contributed by atoms with Crippen molar-refractivity contribution in [2.75, 3.05) is 0 Å². The molecule has 2 atom stereocenters. The van der Waals surface area contributed by atoms with Gasteiger partial charge in [0.15, 0.2) is 6.04 Å². The molecule has 0 radical (unpaired) electrons. The molecule has 1 amide bonds. The highest BCUT2D eigenvalue weighted by Gasteiger charge is 2.20. The lowest BCUT2D eigenvalue weighted by Crippen LogP contribution is -2.69. The first-order chi connectivity index (χ1) is 6.34. The summed E-state index contributed by atoms with van der Waals surface area (Å²) < 4.78 is 0. The van der Waals surface area contributed by atoms with Gasteiger partial charge in [-0.2, -0.15) is 0 Å². The van der Waals surface area contributed by atoms with Crippen LogP contribution in [-0.2, 0) is 9.59 Å². The second-order valence-electron chi connectivity index (χ2n) is 3.88. The molecule has 14 heavy (non-hydrogen) atoms. The van der Waals surface area contributed by atoms with Crippen LogP contribution in [-0.4, -0.2) is 24.0 Å². The molecule has 0 bridgehead atoms. The minimum Gasteiger partial charge on any atom is -0.548 e. The van der Waals surface area contributed by atoms with Gasteiger partial charge in [0.2, 0.25) is 0 Å². The lowest BCUT2D eigenvalue weighted by atomic mass is 10.0. The Hall–Kier alpha value is -1.10. The Morgan fingerprint density at radius 1 is 1.36 bits per heavy atom. The van der Waals surface area contributed by atoms with Gasteiger partial charge in [-0.1, -0.05) is 13.8 Å². The van der Waals surface area contributed by atoms with E-state index in [0.717, 1.165) is 0 Å². The maximum Gasteiger partial charge on any atom is 0.278 e. The first-order valence-electron chi connectivity index (χ1n) is 4.69. The summed E-state index contributed by atoms with van der Waals surface area (Å²) in [6, 6.07) is -1.37. The molecule has 0 saturated heterocycles. The lowest BCUT2D eigenvalue weighted by molar-refractivity contribution is -0.406. The highest BCUT2D eigenvalue weighted by molar-refractivity contribution is 5.84. The number of carboxylic acid groups (broad SMARTS) is 1. The van der Waals surface area contributed by atoms with Gasteiger partial charge in [-0.05, 0) is 12.8 Å². The Labute approximate surface area is 83.7 Å². The van der Waals surface area contributed by atoms with Crippen molar-refractivity contribution in [3.8, 4) is 0 Å². The summed E-state index contributed by atoms with van der Waals surface area (Å²) in [7, 11) is 0. The Balaban J connectivity index is 4.01. The number of carboxylic acids is 1. The van der Waals surface area contributed by atoms with Crippen LogP contribution in [0.25, 0.3) is 0 Å². The summed E-state index contributed by atoms with van der Waals surface area (Å²) >= 11 is 0. The Kier molecular flexibility index (Phi) is 5.15. The molecule has 0 aromatic heterocycles. The quantitative estimate of drug-likeness (QED) is 0.534. The van der Waals surface area contributed by atoms with Gasteiger partial charge >= 0.3 is 0 Å². The lowest BCUT2D eigenvalue weighted by Gasteiger charge is -2.17. The van der Waals surface area contributed by atoms with Gasteiger partial charge in [0.25, 0.3) is 5.91 Å². The zero-order valence-electron chi connectivity index (χ0n) is 8.87. The summed E-state index contributed by atoms with van der Waals surface area (Å²) in [5.74, 6) is -1.26. The Bertz CT molecular complexity index is 216. The summed E-state index contributed by atoms with van der Waals surface area (Å²) in [5.41, 5.74) is 3.67. The molecule has 0 aliphatic rings. The maximum absolute atomic E-state index is 11.3. The van der Waals surface area contributed by atoms with E-state index in [2.05, 4.69) is 11.1 Å². The number of aliphatic carboxylic acids is 1.